The highest BCUT2D eigenvalue weighted by molar-refractivity contribution is 5.94. The molecule has 0 saturated carbocycles. The highest BCUT2D eigenvalue weighted by Gasteiger charge is 2.35. The third-order valence-electron chi connectivity index (χ3n) is 2.77. The van der Waals surface area contributed by atoms with Crippen LogP contribution in [0.2, 0.25) is 0 Å². The number of rotatable bonds is 1. The molecule has 2 N–H and O–H groups in total. The number of nitrogens with one attached hydrogen (secondary N) is 2. The van der Waals surface area contributed by atoms with Gasteiger partial charge < -0.3 is 4.42 Å². The molecule has 0 fully saturated rings. The Labute approximate surface area is 126 Å². The number of oxazole rings is 1. The van der Waals surface area contributed by atoms with Crippen LogP contribution in [0.4, 0.5) is 28.5 Å². The van der Waals surface area contributed by atoms with Crippen molar-refractivity contribution in [2.75, 3.05) is 5.32 Å². The van der Waals surface area contributed by atoms with Crippen LogP contribution in [-0.2, 0) is 6.18 Å². The number of amides is 1. The molecule has 3 aromatic rings. The van der Waals surface area contributed by atoms with Crippen LogP contribution in [-0.4, -0.2) is 30.3 Å². The number of carbonyl (C=O) groups excluding carboxylic acids is 1. The van der Waals surface area contributed by atoms with Gasteiger partial charge in [0.25, 0.3) is 5.56 Å². The number of carbonyl (C=O) groups is 1. The lowest BCUT2D eigenvalue weighted by atomic mass is 10.5. The number of imidazole rings is 1. The van der Waals surface area contributed by atoms with Crippen molar-refractivity contribution in [3.8, 4) is 0 Å². The lowest BCUT2D eigenvalue weighted by molar-refractivity contribution is -0.141. The number of H-pyrrole nitrogens is 1. The van der Waals surface area contributed by atoms with Crippen LogP contribution in [0.5, 0.6) is 0 Å². The fourth-order valence-corrected chi connectivity index (χ4v) is 1.75. The van der Waals surface area contributed by atoms with Gasteiger partial charge in [-0.1, -0.05) is 4.48 Å². The van der Waals surface area contributed by atoms with Crippen molar-refractivity contribution >= 4 is 23.2 Å². The summed E-state index contributed by atoms with van der Waals surface area (Å²) in [7, 11) is 0. The van der Waals surface area contributed by atoms with Gasteiger partial charge in [-0.15, -0.1) is 4.79 Å². The minimum absolute atomic E-state index is 0.261. The average Bonchev–Trinajstić information content (AvgIpc) is 3.10. The zero-order valence-corrected chi connectivity index (χ0v) is 11.1. The maximum Gasteiger partial charge on any atom is 0.436 e. The van der Waals surface area contributed by atoms with Crippen LogP contribution in [0.25, 0.3) is 11.2 Å². The average molecular weight is 348 g/mol. The maximum absolute atomic E-state index is 13.7. The zero-order chi connectivity index (χ0) is 17.6. The molecule has 10 nitrogen and oxygen atoms in total. The highest BCUT2D eigenvalue weighted by Crippen LogP contribution is 2.29. The van der Waals surface area contributed by atoms with E-state index in [0.29, 0.717) is 10.9 Å². The van der Waals surface area contributed by atoms with Gasteiger partial charge in [0.05, 0.1) is 0 Å². The molecule has 3 aromatic heterocycles. The second kappa shape index (κ2) is 5.04. The Morgan fingerprint density at radius 2 is 2.04 bits per heavy atom. The van der Waals surface area contributed by atoms with Gasteiger partial charge in [-0.05, 0) is 0 Å². The molecule has 0 aliphatic heterocycles. The first-order chi connectivity index (χ1) is 11.2. The van der Waals surface area contributed by atoms with Crippen molar-refractivity contribution in [2.24, 2.45) is 0 Å². The lowest BCUT2D eigenvalue weighted by Gasteiger charge is -2.03. The number of anilines is 1. The van der Waals surface area contributed by atoms with Gasteiger partial charge in [-0.25, -0.2) is 19.1 Å². The maximum atomic E-state index is 13.7. The van der Waals surface area contributed by atoms with Crippen molar-refractivity contribution in [1.29, 1.82) is 0 Å². The monoisotopic (exact) mass is 348 g/mol. The van der Waals surface area contributed by atoms with E-state index < -0.39 is 51.1 Å². The minimum atomic E-state index is -4.79. The topological polar surface area (TPSA) is 128 Å². The van der Waals surface area contributed by atoms with E-state index in [-0.39, 0.29) is 6.26 Å². The van der Waals surface area contributed by atoms with Crippen LogP contribution in [0, 0.1) is 0 Å². The summed E-state index contributed by atoms with van der Waals surface area (Å²) in [5.41, 5.74) is -5.30. The van der Waals surface area contributed by atoms with Crippen LogP contribution < -0.4 is 16.6 Å². The molecular formula is C10H4F4N6O4. The zero-order valence-electron chi connectivity index (χ0n) is 11.1. The van der Waals surface area contributed by atoms with Crippen molar-refractivity contribution in [3.05, 3.63) is 39.1 Å². The number of aromatic amines is 1. The van der Waals surface area contributed by atoms with E-state index in [9.17, 15) is 32.0 Å². The van der Waals surface area contributed by atoms with Crippen LogP contribution in [0.1, 0.15) is 5.69 Å². The van der Waals surface area contributed by atoms with Gasteiger partial charge in [-0.2, -0.15) is 18.2 Å². The van der Waals surface area contributed by atoms with Crippen LogP contribution in [0.15, 0.2) is 26.6 Å². The Kier molecular flexibility index (Phi) is 3.24. The summed E-state index contributed by atoms with van der Waals surface area (Å²) in [4.78, 5) is 42.1. The Balaban J connectivity index is 2.00. The summed E-state index contributed by atoms with van der Waals surface area (Å²) in [5, 5.41) is 1.81. The molecule has 0 aromatic carbocycles. The number of alkyl halides is 3. The molecule has 0 atom stereocenters. The molecule has 3 rings (SSSR count). The van der Waals surface area contributed by atoms with Crippen LogP contribution >= 0.6 is 0 Å². The Morgan fingerprint density at radius 3 is 2.67 bits per heavy atom. The molecule has 0 bridgehead atoms. The predicted octanol–water partition coefficient (Wildman–Crippen LogP) is 0.706. The Hall–Kier alpha value is -3.45. The second-order valence-electron chi connectivity index (χ2n) is 4.29. The summed E-state index contributed by atoms with van der Waals surface area (Å²) in [6.07, 6.45) is -3.84. The Morgan fingerprint density at radius 1 is 1.33 bits per heavy atom. The minimum Gasteiger partial charge on any atom is -0.431 e. The summed E-state index contributed by atoms with van der Waals surface area (Å²) in [5.74, 6) is 0. The Bertz CT molecular complexity index is 1060. The quantitative estimate of drug-likeness (QED) is 0.623. The number of aromatic nitrogens is 5. The fourth-order valence-electron chi connectivity index (χ4n) is 1.75. The second-order valence-corrected chi connectivity index (χ2v) is 4.29. The molecule has 0 unspecified atom stereocenters. The summed E-state index contributed by atoms with van der Waals surface area (Å²) < 4.78 is 55.7. The molecule has 0 aliphatic rings. The van der Waals surface area contributed by atoms with E-state index in [1.54, 1.807) is 4.98 Å². The van der Waals surface area contributed by atoms with E-state index in [1.165, 1.54) is 0 Å². The van der Waals surface area contributed by atoms with Crippen molar-refractivity contribution in [1.82, 2.24) is 24.3 Å². The fraction of sp³-hybridized carbons (Fsp3) is 0.100. The molecule has 0 saturated heterocycles. The number of hydrogen-bond donors (Lipinski definition) is 2. The molecule has 0 radical (unpaired) electrons. The predicted molar refractivity (Wildman–Crippen MR) is 67.0 cm³/mol. The van der Waals surface area contributed by atoms with Crippen molar-refractivity contribution in [2.45, 2.75) is 6.18 Å². The standard InChI is InChI=1S/C10H4F4N6O4/c11-10(12,13)3-1-24-7(16-3)18-8(22)19-2-15-4-5(21)17-9(23)20(14)6(4)19/h1-2H,(H,16,18,22)(H,17,21,23). The smallest absolute Gasteiger partial charge is 0.431 e. The summed E-state index contributed by atoms with van der Waals surface area (Å²) in [6, 6.07) is -2.09. The first-order valence-corrected chi connectivity index (χ1v) is 5.91. The molecule has 14 heteroatoms. The van der Waals surface area contributed by atoms with Gasteiger partial charge in [0.15, 0.2) is 16.9 Å². The van der Waals surface area contributed by atoms with Gasteiger partial charge in [0.2, 0.25) is 0 Å². The molecule has 24 heavy (non-hydrogen) atoms. The molecule has 0 spiro atoms. The third kappa shape index (κ3) is 2.42. The summed E-state index contributed by atoms with van der Waals surface area (Å²) >= 11 is 0. The number of nitrogens with zero attached hydrogens (tertiary/aromatic N) is 4. The molecular weight excluding hydrogens is 344 g/mol. The highest BCUT2D eigenvalue weighted by atomic mass is 19.4. The van der Waals surface area contributed by atoms with Crippen LogP contribution in [0.3, 0.4) is 0 Å². The van der Waals surface area contributed by atoms with E-state index in [4.69, 9.17) is 0 Å². The van der Waals surface area contributed by atoms with E-state index in [2.05, 4.69) is 14.4 Å². The molecule has 126 valence electrons. The van der Waals surface area contributed by atoms with Gasteiger partial charge in [0.1, 0.15) is 12.6 Å². The molecule has 1 amide bonds. The third-order valence-corrected chi connectivity index (χ3v) is 2.77. The summed E-state index contributed by atoms with van der Waals surface area (Å²) in [6.45, 7) is 0. The van der Waals surface area contributed by atoms with Crippen molar-refractivity contribution in [3.63, 3.8) is 0 Å². The molecule has 3 heterocycles. The largest absolute Gasteiger partial charge is 0.436 e. The van der Waals surface area contributed by atoms with Crippen molar-refractivity contribution < 1.29 is 26.9 Å². The molecule has 0 aliphatic carbocycles. The van der Waals surface area contributed by atoms with Gasteiger partial charge in [-0.3, -0.25) is 15.1 Å². The number of fused-ring (bicyclic) bond motifs is 1. The van der Waals surface area contributed by atoms with E-state index >= 15 is 0 Å². The number of hydrogen-bond acceptors (Lipinski definition) is 6. The SMILES string of the molecule is O=C(Nc1nc(C(F)(F)F)co1)n1cnc2c(=O)[nH]c(=O)n(F)c21. The normalized spacial score (nSPS) is 11.8. The first-order valence-electron chi connectivity index (χ1n) is 5.91. The van der Waals surface area contributed by atoms with E-state index in [1.807, 2.05) is 5.32 Å². The van der Waals surface area contributed by atoms with E-state index in [0.717, 1.165) is 0 Å². The van der Waals surface area contributed by atoms with Gasteiger partial charge in [0, 0.05) is 0 Å². The lowest BCUT2D eigenvalue weighted by Crippen LogP contribution is -2.29. The first kappa shape index (κ1) is 15.4. The number of halogens is 4. The van der Waals surface area contributed by atoms with Gasteiger partial charge >= 0.3 is 23.9 Å².